The second kappa shape index (κ2) is 9.93. The van der Waals surface area contributed by atoms with Gasteiger partial charge < -0.3 is 18.6 Å². The van der Waals surface area contributed by atoms with E-state index in [1.165, 1.54) is 31.2 Å². The number of carbonyl (C=O) groups is 2. The van der Waals surface area contributed by atoms with E-state index in [1.807, 2.05) is 19.9 Å². The van der Waals surface area contributed by atoms with Crippen molar-refractivity contribution >= 4 is 22.0 Å². The lowest BCUT2D eigenvalue weighted by Crippen LogP contribution is -2.51. The number of hydrogen-bond donors (Lipinski definition) is 0. The fourth-order valence-electron chi connectivity index (χ4n) is 3.69. The molecule has 0 saturated carbocycles. The number of rotatable bonds is 6. The molecule has 8 nitrogen and oxygen atoms in total. The van der Waals surface area contributed by atoms with Gasteiger partial charge in [-0.25, -0.2) is 4.79 Å². The van der Waals surface area contributed by atoms with Gasteiger partial charge in [0.05, 0.1) is 17.8 Å². The van der Waals surface area contributed by atoms with Gasteiger partial charge in [-0.15, -0.1) is 0 Å². The highest BCUT2D eigenvalue weighted by Gasteiger charge is 2.30. The highest BCUT2D eigenvalue weighted by atomic mass is 32.2. The molecule has 1 fully saturated rings. The van der Waals surface area contributed by atoms with Crippen LogP contribution in [-0.4, -0.2) is 56.6 Å². The third kappa shape index (κ3) is 6.11. The lowest BCUT2D eigenvalue weighted by atomic mass is 10.2. The van der Waals surface area contributed by atoms with E-state index < -0.39 is 22.2 Å². The maximum absolute atomic E-state index is 12.7. The summed E-state index contributed by atoms with van der Waals surface area (Å²) in [7, 11) is -4.03. The highest BCUT2D eigenvalue weighted by molar-refractivity contribution is 7.87. The normalized spacial score (nSPS) is 19.6. The Kier molecular flexibility index (Phi) is 7.44. The first-order valence-corrected chi connectivity index (χ1v) is 12.1. The number of ether oxygens (including phenoxy) is 2. The molecule has 33 heavy (non-hydrogen) atoms. The van der Waals surface area contributed by atoms with Gasteiger partial charge >= 0.3 is 16.1 Å². The van der Waals surface area contributed by atoms with Crippen molar-refractivity contribution in [1.29, 1.82) is 0 Å². The van der Waals surface area contributed by atoms with Gasteiger partial charge in [0.25, 0.3) is 5.91 Å². The van der Waals surface area contributed by atoms with Crippen LogP contribution in [-0.2, 0) is 24.4 Å². The molecule has 0 radical (unpaired) electrons. The lowest BCUT2D eigenvalue weighted by molar-refractivity contribution is -0.151. The van der Waals surface area contributed by atoms with Crippen LogP contribution >= 0.6 is 0 Å². The van der Waals surface area contributed by atoms with Crippen LogP contribution in [0.2, 0.25) is 0 Å². The molecule has 1 saturated heterocycles. The average Bonchev–Trinajstić information content (AvgIpc) is 2.74. The van der Waals surface area contributed by atoms with Gasteiger partial charge in [-0.05, 0) is 76.1 Å². The van der Waals surface area contributed by atoms with Gasteiger partial charge in [0.1, 0.15) is 10.6 Å². The quantitative estimate of drug-likeness (QED) is 0.467. The van der Waals surface area contributed by atoms with Crippen LogP contribution in [0.1, 0.15) is 42.3 Å². The van der Waals surface area contributed by atoms with Gasteiger partial charge in [-0.2, -0.15) is 8.42 Å². The Morgan fingerprint density at radius 2 is 1.64 bits per heavy atom. The van der Waals surface area contributed by atoms with Crippen LogP contribution in [0, 0.1) is 13.8 Å². The van der Waals surface area contributed by atoms with Gasteiger partial charge in [-0.1, -0.05) is 12.1 Å². The Bertz CT molecular complexity index is 1120. The van der Waals surface area contributed by atoms with Crippen molar-refractivity contribution in [2.24, 2.45) is 0 Å². The van der Waals surface area contributed by atoms with Crippen LogP contribution in [0.25, 0.3) is 0 Å². The van der Waals surface area contributed by atoms with Crippen molar-refractivity contribution < 1.29 is 31.7 Å². The van der Waals surface area contributed by atoms with E-state index in [9.17, 15) is 18.0 Å². The van der Waals surface area contributed by atoms with Crippen LogP contribution in [0.4, 0.5) is 0 Å². The fraction of sp³-hybridized carbons (Fsp3) is 0.417. The molecule has 0 aromatic heterocycles. The minimum atomic E-state index is -4.03. The molecule has 0 bridgehead atoms. The number of aryl methyl sites for hydroxylation is 2. The van der Waals surface area contributed by atoms with E-state index in [4.69, 9.17) is 13.7 Å². The molecule has 1 aliphatic heterocycles. The number of morpholine rings is 1. The first-order valence-electron chi connectivity index (χ1n) is 10.7. The molecule has 0 N–H and O–H groups in total. The van der Waals surface area contributed by atoms with Crippen molar-refractivity contribution in [2.75, 3.05) is 13.1 Å². The lowest BCUT2D eigenvalue weighted by Gasteiger charge is -2.36. The summed E-state index contributed by atoms with van der Waals surface area (Å²) in [6.45, 7) is 9.66. The molecule has 1 aliphatic rings. The van der Waals surface area contributed by atoms with E-state index in [1.54, 1.807) is 30.9 Å². The summed E-state index contributed by atoms with van der Waals surface area (Å²) in [5, 5.41) is 0. The van der Waals surface area contributed by atoms with Gasteiger partial charge in [0, 0.05) is 13.1 Å². The summed E-state index contributed by atoms with van der Waals surface area (Å²) in [5.41, 5.74) is 1.55. The number of benzene rings is 2. The number of hydrogen-bond acceptors (Lipinski definition) is 7. The van der Waals surface area contributed by atoms with E-state index >= 15 is 0 Å². The summed E-state index contributed by atoms with van der Waals surface area (Å²) in [6.07, 6.45) is -1.14. The number of amides is 1. The molecule has 1 amide bonds. The monoisotopic (exact) mass is 475 g/mol. The van der Waals surface area contributed by atoms with Gasteiger partial charge in [-0.3, -0.25) is 4.79 Å². The maximum Gasteiger partial charge on any atom is 0.339 e. The van der Waals surface area contributed by atoms with Crippen LogP contribution in [0.5, 0.6) is 5.75 Å². The highest BCUT2D eigenvalue weighted by Crippen LogP contribution is 2.23. The molecule has 3 unspecified atom stereocenters. The third-order valence-electron chi connectivity index (χ3n) is 5.27. The van der Waals surface area contributed by atoms with E-state index in [0.717, 1.165) is 5.56 Å². The van der Waals surface area contributed by atoms with Crippen molar-refractivity contribution in [2.45, 2.75) is 57.8 Å². The SMILES string of the molecule is Cc1ccc(C)c(S(=O)(=O)Oc2ccc(C(=O)OC(C)C(=O)N3CC(C)OC(C)C3)cc2)c1. The topological polar surface area (TPSA) is 99.2 Å². The second-order valence-corrected chi connectivity index (χ2v) is 9.89. The molecule has 1 heterocycles. The van der Waals surface area contributed by atoms with Gasteiger partial charge in [0.15, 0.2) is 6.10 Å². The zero-order valence-electron chi connectivity index (χ0n) is 19.4. The van der Waals surface area contributed by atoms with E-state index in [2.05, 4.69) is 0 Å². The molecule has 0 spiro atoms. The third-order valence-corrected chi connectivity index (χ3v) is 6.66. The molecule has 9 heteroatoms. The number of esters is 1. The van der Waals surface area contributed by atoms with Crippen LogP contribution in [0.15, 0.2) is 47.4 Å². The Morgan fingerprint density at radius 3 is 2.24 bits per heavy atom. The fourth-order valence-corrected chi connectivity index (χ4v) is 4.94. The smallest absolute Gasteiger partial charge is 0.339 e. The minimum absolute atomic E-state index is 0.0628. The van der Waals surface area contributed by atoms with Crippen molar-refractivity contribution in [3.63, 3.8) is 0 Å². The largest absolute Gasteiger partial charge is 0.449 e. The van der Waals surface area contributed by atoms with Crippen molar-refractivity contribution in [1.82, 2.24) is 4.90 Å². The minimum Gasteiger partial charge on any atom is -0.449 e. The molecule has 2 aromatic rings. The number of nitrogens with zero attached hydrogens (tertiary/aromatic N) is 1. The second-order valence-electron chi connectivity index (χ2n) is 8.38. The van der Waals surface area contributed by atoms with Crippen molar-refractivity contribution in [3.8, 4) is 5.75 Å². The predicted molar refractivity (Wildman–Crippen MR) is 122 cm³/mol. The Morgan fingerprint density at radius 1 is 1.03 bits per heavy atom. The first kappa shape index (κ1) is 24.7. The summed E-state index contributed by atoms with van der Waals surface area (Å²) in [4.78, 5) is 26.9. The predicted octanol–water partition coefficient (Wildman–Crippen LogP) is 3.25. The molecule has 3 atom stereocenters. The molecular formula is C24H29NO7S. The summed E-state index contributed by atoms with van der Waals surface area (Å²) in [6, 6.07) is 10.6. The number of carbonyl (C=O) groups excluding carboxylic acids is 2. The maximum atomic E-state index is 12.7. The van der Waals surface area contributed by atoms with E-state index in [0.29, 0.717) is 18.7 Å². The Balaban J connectivity index is 1.64. The standard InChI is InChI=1S/C24H29NO7S/c1-15-6-7-16(2)22(12-15)33(28,29)32-21-10-8-20(9-11-21)24(27)31-19(5)23(26)25-13-17(3)30-18(4)14-25/h6-12,17-19H,13-14H2,1-5H3. The molecule has 178 valence electrons. The summed E-state index contributed by atoms with van der Waals surface area (Å²) in [5.74, 6) is -0.910. The summed E-state index contributed by atoms with van der Waals surface area (Å²) >= 11 is 0. The average molecular weight is 476 g/mol. The zero-order chi connectivity index (χ0) is 24.3. The first-order chi connectivity index (χ1) is 15.5. The molecular weight excluding hydrogens is 446 g/mol. The Hall–Kier alpha value is -2.91. The molecule has 0 aliphatic carbocycles. The van der Waals surface area contributed by atoms with Crippen molar-refractivity contribution in [3.05, 3.63) is 59.2 Å². The Labute approximate surface area is 194 Å². The summed E-state index contributed by atoms with van der Waals surface area (Å²) < 4.78 is 41.5. The van der Waals surface area contributed by atoms with E-state index in [-0.39, 0.29) is 34.3 Å². The van der Waals surface area contributed by atoms with Crippen LogP contribution in [0.3, 0.4) is 0 Å². The van der Waals surface area contributed by atoms with Crippen LogP contribution < -0.4 is 4.18 Å². The zero-order valence-corrected chi connectivity index (χ0v) is 20.2. The van der Waals surface area contributed by atoms with Gasteiger partial charge in [0.2, 0.25) is 0 Å². The molecule has 3 rings (SSSR count). The molecule has 2 aromatic carbocycles.